The van der Waals surface area contributed by atoms with Crippen LogP contribution in [0.5, 0.6) is 5.75 Å². The Bertz CT molecular complexity index is 259. The molecule has 3 nitrogen and oxygen atoms in total. The van der Waals surface area contributed by atoms with E-state index in [9.17, 15) is 5.11 Å². The van der Waals surface area contributed by atoms with Crippen LogP contribution in [0.1, 0.15) is 5.56 Å². The molecule has 1 rings (SSSR count). The van der Waals surface area contributed by atoms with Gasteiger partial charge in [-0.25, -0.2) is 0 Å². The summed E-state index contributed by atoms with van der Waals surface area (Å²) in [7, 11) is 0. The Kier molecular flexibility index (Phi) is 3.73. The molecule has 1 unspecified atom stereocenters. The number of nitrogens with two attached hydrogens (primary N) is 1. The lowest BCUT2D eigenvalue weighted by Crippen LogP contribution is -2.20. The van der Waals surface area contributed by atoms with Gasteiger partial charge in [0.05, 0.1) is 0 Å². The van der Waals surface area contributed by atoms with Gasteiger partial charge in [0.2, 0.25) is 0 Å². The molecule has 1 atom stereocenters. The molecule has 1 aromatic carbocycles. The normalized spacial score (nSPS) is 12.8. The molecule has 0 amide bonds. The van der Waals surface area contributed by atoms with Crippen LogP contribution in [-0.2, 0) is 6.42 Å². The van der Waals surface area contributed by atoms with Crippen molar-refractivity contribution in [3.63, 3.8) is 0 Å². The summed E-state index contributed by atoms with van der Waals surface area (Å²) in [4.78, 5) is 0. The van der Waals surface area contributed by atoms with Crippen LogP contribution in [0.2, 0.25) is 0 Å². The third-order valence-corrected chi connectivity index (χ3v) is 2.03. The van der Waals surface area contributed by atoms with Gasteiger partial charge in [-0.2, -0.15) is 0 Å². The minimum Gasteiger partial charge on any atom is -0.508 e. The van der Waals surface area contributed by atoms with E-state index in [0.29, 0.717) is 13.0 Å². The highest BCUT2D eigenvalue weighted by Gasteiger charge is 2.06. The van der Waals surface area contributed by atoms with Crippen LogP contribution in [0, 0.1) is 5.92 Å². The predicted molar refractivity (Wildman–Crippen MR) is 51.4 cm³/mol. The van der Waals surface area contributed by atoms with Gasteiger partial charge >= 0.3 is 0 Å². The summed E-state index contributed by atoms with van der Waals surface area (Å²) in [6, 6.07) is 7.02. The fourth-order valence-corrected chi connectivity index (χ4v) is 1.24. The van der Waals surface area contributed by atoms with Crippen molar-refractivity contribution in [2.45, 2.75) is 6.42 Å². The summed E-state index contributed by atoms with van der Waals surface area (Å²) in [6.07, 6.45) is 0.710. The van der Waals surface area contributed by atoms with E-state index in [1.54, 1.807) is 18.2 Å². The second-order valence-electron chi connectivity index (χ2n) is 3.16. The van der Waals surface area contributed by atoms with Crippen molar-refractivity contribution in [2.75, 3.05) is 13.2 Å². The average molecular weight is 181 g/mol. The van der Waals surface area contributed by atoms with Crippen LogP contribution < -0.4 is 5.73 Å². The lowest BCUT2D eigenvalue weighted by atomic mass is 10.0. The fourth-order valence-electron chi connectivity index (χ4n) is 1.24. The van der Waals surface area contributed by atoms with Gasteiger partial charge in [-0.1, -0.05) is 12.1 Å². The summed E-state index contributed by atoms with van der Waals surface area (Å²) in [5.74, 6) is 0.341. The molecular formula is C10H15NO2. The standard InChI is InChI=1S/C10H15NO2/c11-6-9(7-12)4-8-2-1-3-10(13)5-8/h1-3,5,9,12-13H,4,6-7,11H2. The molecule has 0 aliphatic heterocycles. The summed E-state index contributed by atoms with van der Waals surface area (Å²) in [6.45, 7) is 0.554. The number of rotatable bonds is 4. The number of benzene rings is 1. The minimum absolute atomic E-state index is 0.0850. The van der Waals surface area contributed by atoms with Crippen molar-refractivity contribution in [1.82, 2.24) is 0 Å². The summed E-state index contributed by atoms with van der Waals surface area (Å²) in [5, 5.41) is 18.1. The monoisotopic (exact) mass is 181 g/mol. The van der Waals surface area contributed by atoms with Crippen molar-refractivity contribution >= 4 is 0 Å². The van der Waals surface area contributed by atoms with E-state index >= 15 is 0 Å². The zero-order chi connectivity index (χ0) is 9.68. The van der Waals surface area contributed by atoms with Crippen LogP contribution in [0.3, 0.4) is 0 Å². The van der Waals surface area contributed by atoms with Gasteiger partial charge in [-0.15, -0.1) is 0 Å². The van der Waals surface area contributed by atoms with Gasteiger partial charge in [-0.3, -0.25) is 0 Å². The molecule has 72 valence electrons. The lowest BCUT2D eigenvalue weighted by Gasteiger charge is -2.10. The highest BCUT2D eigenvalue weighted by atomic mass is 16.3. The van der Waals surface area contributed by atoms with Gasteiger partial charge in [0.1, 0.15) is 5.75 Å². The van der Waals surface area contributed by atoms with Gasteiger partial charge in [0.15, 0.2) is 0 Å². The molecule has 3 heteroatoms. The van der Waals surface area contributed by atoms with E-state index in [0.717, 1.165) is 5.56 Å². The Morgan fingerprint density at radius 3 is 2.69 bits per heavy atom. The van der Waals surface area contributed by atoms with Crippen molar-refractivity contribution in [3.05, 3.63) is 29.8 Å². The zero-order valence-corrected chi connectivity index (χ0v) is 7.48. The first-order valence-corrected chi connectivity index (χ1v) is 4.35. The van der Waals surface area contributed by atoms with Crippen molar-refractivity contribution in [3.8, 4) is 5.75 Å². The Labute approximate surface area is 77.8 Å². The van der Waals surface area contributed by atoms with Crippen LogP contribution in [0.4, 0.5) is 0 Å². The lowest BCUT2D eigenvalue weighted by molar-refractivity contribution is 0.229. The fraction of sp³-hybridized carbons (Fsp3) is 0.400. The maximum Gasteiger partial charge on any atom is 0.115 e. The summed E-state index contributed by atoms with van der Waals surface area (Å²) >= 11 is 0. The van der Waals surface area contributed by atoms with E-state index < -0.39 is 0 Å². The summed E-state index contributed by atoms with van der Waals surface area (Å²) < 4.78 is 0. The van der Waals surface area contributed by atoms with E-state index in [-0.39, 0.29) is 18.3 Å². The molecule has 0 fully saturated rings. The second-order valence-corrected chi connectivity index (χ2v) is 3.16. The second kappa shape index (κ2) is 4.84. The minimum atomic E-state index is 0.0850. The molecular weight excluding hydrogens is 166 g/mol. The molecule has 0 bridgehead atoms. The highest BCUT2D eigenvalue weighted by molar-refractivity contribution is 5.27. The molecule has 0 aromatic heterocycles. The molecule has 0 aliphatic carbocycles. The Balaban J connectivity index is 2.62. The molecule has 0 heterocycles. The molecule has 1 aromatic rings. The van der Waals surface area contributed by atoms with E-state index in [2.05, 4.69) is 0 Å². The van der Waals surface area contributed by atoms with Gasteiger partial charge in [0.25, 0.3) is 0 Å². The van der Waals surface area contributed by atoms with Gasteiger partial charge < -0.3 is 15.9 Å². The molecule has 0 aliphatic rings. The van der Waals surface area contributed by atoms with E-state index in [4.69, 9.17) is 10.8 Å². The molecule has 0 spiro atoms. The van der Waals surface area contributed by atoms with E-state index in [1.165, 1.54) is 0 Å². The molecule has 13 heavy (non-hydrogen) atoms. The number of hydrogen-bond donors (Lipinski definition) is 3. The molecule has 0 radical (unpaired) electrons. The number of phenols is 1. The molecule has 0 saturated heterocycles. The largest absolute Gasteiger partial charge is 0.508 e. The van der Waals surface area contributed by atoms with Crippen molar-refractivity contribution in [1.29, 1.82) is 0 Å². The van der Waals surface area contributed by atoms with Gasteiger partial charge in [0, 0.05) is 6.61 Å². The average Bonchev–Trinajstić information content (AvgIpc) is 2.14. The smallest absolute Gasteiger partial charge is 0.115 e. The van der Waals surface area contributed by atoms with Crippen LogP contribution in [-0.4, -0.2) is 23.4 Å². The first-order chi connectivity index (χ1) is 6.26. The zero-order valence-electron chi connectivity index (χ0n) is 7.48. The Hall–Kier alpha value is -1.06. The number of aliphatic hydroxyl groups excluding tert-OH is 1. The quantitative estimate of drug-likeness (QED) is 0.633. The SMILES string of the molecule is NCC(CO)Cc1cccc(O)c1. The number of phenolic OH excluding ortho intramolecular Hbond substituents is 1. The maximum atomic E-state index is 9.18. The van der Waals surface area contributed by atoms with Gasteiger partial charge in [-0.05, 0) is 36.6 Å². The van der Waals surface area contributed by atoms with Crippen molar-refractivity contribution < 1.29 is 10.2 Å². The number of hydrogen-bond acceptors (Lipinski definition) is 3. The van der Waals surface area contributed by atoms with E-state index in [1.807, 2.05) is 6.07 Å². The maximum absolute atomic E-state index is 9.18. The first kappa shape index (κ1) is 10.0. The number of aromatic hydroxyl groups is 1. The third-order valence-electron chi connectivity index (χ3n) is 2.03. The van der Waals surface area contributed by atoms with Crippen molar-refractivity contribution in [2.24, 2.45) is 11.7 Å². The predicted octanol–water partition coefficient (Wildman–Crippen LogP) is 0.502. The highest BCUT2D eigenvalue weighted by Crippen LogP contribution is 2.14. The van der Waals surface area contributed by atoms with Crippen LogP contribution in [0.15, 0.2) is 24.3 Å². The van der Waals surface area contributed by atoms with Crippen LogP contribution in [0.25, 0.3) is 0 Å². The molecule has 4 N–H and O–H groups in total. The first-order valence-electron chi connectivity index (χ1n) is 4.35. The topological polar surface area (TPSA) is 66.5 Å². The summed E-state index contributed by atoms with van der Waals surface area (Å²) in [5.41, 5.74) is 6.45. The Morgan fingerprint density at radius 1 is 1.38 bits per heavy atom. The number of aliphatic hydroxyl groups is 1. The Morgan fingerprint density at radius 2 is 2.15 bits per heavy atom. The van der Waals surface area contributed by atoms with Crippen LogP contribution >= 0.6 is 0 Å². The third kappa shape index (κ3) is 3.05. The molecule has 0 saturated carbocycles.